The number of nitrogens with one attached hydrogen (secondary N) is 1. The molecule has 0 radical (unpaired) electrons. The van der Waals surface area contributed by atoms with Crippen LogP contribution in [0.25, 0.3) is 0 Å². The van der Waals surface area contributed by atoms with Crippen LogP contribution in [0.5, 0.6) is 5.75 Å². The summed E-state index contributed by atoms with van der Waals surface area (Å²) in [7, 11) is 0. The molecular formula is C9H8N4O2. The third-order valence-corrected chi connectivity index (χ3v) is 1.79. The number of aromatic hydroxyl groups is 1. The third kappa shape index (κ3) is 1.93. The number of carbonyl (C=O) groups is 1. The molecule has 6 nitrogen and oxygen atoms in total. The lowest BCUT2D eigenvalue weighted by molar-refractivity contribution is 0.100. The minimum absolute atomic E-state index is 0.0740. The van der Waals surface area contributed by atoms with Crippen molar-refractivity contribution >= 4 is 5.91 Å². The zero-order valence-corrected chi connectivity index (χ0v) is 7.66. The van der Waals surface area contributed by atoms with E-state index in [1.165, 1.54) is 24.5 Å². The topological polar surface area (TPSA) is 80.0 Å². The summed E-state index contributed by atoms with van der Waals surface area (Å²) in [6.45, 7) is 0. The second-order valence-corrected chi connectivity index (χ2v) is 2.81. The maximum absolute atomic E-state index is 11.6. The molecule has 0 spiro atoms. The highest BCUT2D eigenvalue weighted by molar-refractivity contribution is 6.01. The molecule has 0 fully saturated rings. The largest absolute Gasteiger partial charge is 0.507 e. The van der Waals surface area contributed by atoms with Crippen LogP contribution in [-0.2, 0) is 0 Å². The van der Waals surface area contributed by atoms with Crippen LogP contribution < -0.4 is 5.43 Å². The van der Waals surface area contributed by atoms with Crippen LogP contribution >= 0.6 is 0 Å². The summed E-state index contributed by atoms with van der Waals surface area (Å²) in [5.41, 5.74) is 2.61. The van der Waals surface area contributed by atoms with Gasteiger partial charge in [-0.05, 0) is 17.3 Å². The van der Waals surface area contributed by atoms with Gasteiger partial charge >= 0.3 is 0 Å². The van der Waals surface area contributed by atoms with Crippen molar-refractivity contribution in [2.24, 2.45) is 0 Å². The van der Waals surface area contributed by atoms with E-state index in [0.29, 0.717) is 0 Å². The first-order valence-corrected chi connectivity index (χ1v) is 4.23. The van der Waals surface area contributed by atoms with Crippen molar-refractivity contribution in [1.82, 2.24) is 15.1 Å². The van der Waals surface area contributed by atoms with E-state index in [-0.39, 0.29) is 11.3 Å². The molecule has 2 aromatic rings. The molecule has 0 saturated carbocycles. The van der Waals surface area contributed by atoms with Crippen molar-refractivity contribution in [3.63, 3.8) is 0 Å². The third-order valence-electron chi connectivity index (χ3n) is 1.79. The van der Waals surface area contributed by atoms with Crippen molar-refractivity contribution in [3.05, 3.63) is 42.2 Å². The van der Waals surface area contributed by atoms with Crippen molar-refractivity contribution < 1.29 is 9.90 Å². The number of hydrogen-bond acceptors (Lipinski definition) is 4. The zero-order valence-electron chi connectivity index (χ0n) is 7.66. The van der Waals surface area contributed by atoms with E-state index >= 15 is 0 Å². The summed E-state index contributed by atoms with van der Waals surface area (Å²) in [6, 6.07) is 6.26. The molecule has 0 bridgehead atoms. The number of phenols is 1. The van der Waals surface area contributed by atoms with Gasteiger partial charge in [0.15, 0.2) is 0 Å². The lowest BCUT2D eigenvalue weighted by Gasteiger charge is -2.04. The van der Waals surface area contributed by atoms with Crippen LogP contribution in [0.1, 0.15) is 10.4 Å². The molecule has 0 saturated heterocycles. The van der Waals surface area contributed by atoms with Gasteiger partial charge in [0, 0.05) is 0 Å². The monoisotopic (exact) mass is 204 g/mol. The smallest absolute Gasteiger partial charge is 0.275 e. The fourth-order valence-electron chi connectivity index (χ4n) is 1.10. The van der Waals surface area contributed by atoms with Gasteiger partial charge in [-0.2, -0.15) is 4.79 Å². The average Bonchev–Trinajstić information content (AvgIpc) is 2.71. The van der Waals surface area contributed by atoms with Crippen LogP contribution in [0.2, 0.25) is 0 Å². The Hall–Kier alpha value is -2.37. The highest BCUT2D eigenvalue weighted by atomic mass is 16.3. The van der Waals surface area contributed by atoms with Gasteiger partial charge < -0.3 is 5.11 Å². The predicted octanol–water partition coefficient (Wildman–Crippen LogP) is 0.368. The number of phenolic OH excluding ortho intramolecular Hbond substituents is 1. The lowest BCUT2D eigenvalue weighted by Crippen LogP contribution is -2.23. The fraction of sp³-hybridized carbons (Fsp3) is 0. The molecule has 0 atom stereocenters. The first kappa shape index (κ1) is 9.20. The predicted molar refractivity (Wildman–Crippen MR) is 51.8 cm³/mol. The quantitative estimate of drug-likeness (QED) is 0.740. The molecule has 1 heterocycles. The van der Waals surface area contributed by atoms with E-state index in [1.807, 2.05) is 0 Å². The molecule has 0 aliphatic heterocycles. The summed E-state index contributed by atoms with van der Waals surface area (Å²) >= 11 is 0. The summed E-state index contributed by atoms with van der Waals surface area (Å²) in [5, 5.41) is 16.5. The van der Waals surface area contributed by atoms with Crippen molar-refractivity contribution in [1.29, 1.82) is 0 Å². The van der Waals surface area contributed by atoms with Crippen LogP contribution in [0.4, 0.5) is 0 Å². The number of benzene rings is 1. The van der Waals surface area contributed by atoms with Crippen LogP contribution in [0.3, 0.4) is 0 Å². The Balaban J connectivity index is 2.19. The van der Waals surface area contributed by atoms with Gasteiger partial charge in [-0.25, -0.2) is 5.43 Å². The number of rotatable bonds is 2. The summed E-state index contributed by atoms with van der Waals surface area (Å²) in [5.74, 6) is -0.520. The maximum Gasteiger partial charge on any atom is 0.275 e. The molecule has 2 N–H and O–H groups in total. The Morgan fingerprint density at radius 2 is 2.20 bits per heavy atom. The molecular weight excluding hydrogens is 196 g/mol. The van der Waals surface area contributed by atoms with Gasteiger partial charge in [0.1, 0.15) is 5.75 Å². The Labute approximate surface area is 85.1 Å². The summed E-state index contributed by atoms with van der Waals surface area (Å²) in [6.07, 6.45) is 2.92. The highest BCUT2D eigenvalue weighted by Crippen LogP contribution is 2.15. The van der Waals surface area contributed by atoms with E-state index in [9.17, 15) is 9.90 Å². The number of hydrogen-bond donors (Lipinski definition) is 2. The van der Waals surface area contributed by atoms with Gasteiger partial charge in [-0.3, -0.25) is 4.79 Å². The van der Waals surface area contributed by atoms with Crippen molar-refractivity contribution in [3.8, 4) is 5.75 Å². The van der Waals surface area contributed by atoms with E-state index in [4.69, 9.17) is 0 Å². The zero-order chi connectivity index (χ0) is 10.7. The number of aromatic nitrogens is 3. The molecule has 1 aromatic carbocycles. The minimum Gasteiger partial charge on any atom is -0.507 e. The molecule has 1 aromatic heterocycles. The Morgan fingerprint density at radius 1 is 1.40 bits per heavy atom. The number of para-hydroxylation sites is 1. The van der Waals surface area contributed by atoms with Crippen molar-refractivity contribution in [2.75, 3.05) is 5.43 Å². The van der Waals surface area contributed by atoms with Crippen LogP contribution in [0.15, 0.2) is 36.7 Å². The normalized spacial score (nSPS) is 9.87. The molecule has 15 heavy (non-hydrogen) atoms. The standard InChI is InChI=1S/C9H8N4O2/c14-8-4-2-1-3-7(8)9(15)11-13-6-5-10-12-13/h1-6,14H,(H,11,15). The summed E-state index contributed by atoms with van der Waals surface area (Å²) in [4.78, 5) is 12.7. The maximum atomic E-state index is 11.6. The second-order valence-electron chi connectivity index (χ2n) is 2.81. The highest BCUT2D eigenvalue weighted by Gasteiger charge is 2.09. The van der Waals surface area contributed by atoms with Gasteiger partial charge in [0.05, 0.1) is 18.0 Å². The molecule has 0 aliphatic rings. The summed E-state index contributed by atoms with van der Waals surface area (Å²) < 4.78 is 0. The second kappa shape index (κ2) is 3.79. The average molecular weight is 204 g/mol. The number of nitrogens with zero attached hydrogens (tertiary/aromatic N) is 3. The molecule has 0 aliphatic carbocycles. The van der Waals surface area contributed by atoms with Crippen LogP contribution in [0, 0.1) is 0 Å². The van der Waals surface area contributed by atoms with Gasteiger partial charge in [0.2, 0.25) is 0 Å². The van der Waals surface area contributed by atoms with E-state index in [1.54, 1.807) is 12.1 Å². The van der Waals surface area contributed by atoms with Crippen LogP contribution in [-0.4, -0.2) is 26.1 Å². The SMILES string of the molecule is O=C(Nn1ccnn1)c1ccccc1O. The van der Waals surface area contributed by atoms with Crippen molar-refractivity contribution in [2.45, 2.75) is 0 Å². The first-order chi connectivity index (χ1) is 7.27. The molecule has 76 valence electrons. The minimum atomic E-state index is -0.446. The Kier molecular flexibility index (Phi) is 2.32. The van der Waals surface area contributed by atoms with Gasteiger partial charge in [-0.1, -0.05) is 12.1 Å². The first-order valence-electron chi connectivity index (χ1n) is 4.23. The Bertz CT molecular complexity index is 467. The molecule has 0 unspecified atom stereocenters. The number of amides is 1. The van der Waals surface area contributed by atoms with Gasteiger partial charge in [-0.15, -0.1) is 5.10 Å². The molecule has 1 amide bonds. The molecule has 2 rings (SSSR count). The fourth-order valence-corrected chi connectivity index (χ4v) is 1.10. The van der Waals surface area contributed by atoms with E-state index in [0.717, 1.165) is 4.79 Å². The number of carbonyl (C=O) groups excluding carboxylic acids is 1. The van der Waals surface area contributed by atoms with E-state index in [2.05, 4.69) is 15.7 Å². The lowest BCUT2D eigenvalue weighted by atomic mass is 10.2. The molecule has 6 heteroatoms. The Morgan fingerprint density at radius 3 is 2.87 bits per heavy atom. The van der Waals surface area contributed by atoms with E-state index < -0.39 is 5.91 Å². The van der Waals surface area contributed by atoms with Gasteiger partial charge in [0.25, 0.3) is 5.91 Å².